The normalized spacial score (nSPS) is 9.81. The third-order valence-corrected chi connectivity index (χ3v) is 2.30. The molecule has 0 N–H and O–H groups in total. The Balaban J connectivity index is 2.66. The van der Waals surface area contributed by atoms with Gasteiger partial charge in [0.15, 0.2) is 0 Å². The summed E-state index contributed by atoms with van der Waals surface area (Å²) in [5.74, 6) is -0.343. The lowest BCUT2D eigenvalue weighted by atomic mass is 10.0. The highest BCUT2D eigenvalue weighted by Gasteiger charge is 2.10. The van der Waals surface area contributed by atoms with Crippen LogP contribution in [-0.2, 0) is 0 Å². The van der Waals surface area contributed by atoms with E-state index in [0.29, 0.717) is 11.1 Å². The summed E-state index contributed by atoms with van der Waals surface area (Å²) >= 11 is 0. The fourth-order valence-electron chi connectivity index (χ4n) is 1.54. The van der Waals surface area contributed by atoms with E-state index < -0.39 is 0 Å². The molecular weight excluding hydrogens is 203 g/mol. The summed E-state index contributed by atoms with van der Waals surface area (Å²) in [5.41, 5.74) is 1.94. The average molecular weight is 212 g/mol. The van der Waals surface area contributed by atoms with Gasteiger partial charge in [-0.1, -0.05) is 18.2 Å². The molecule has 1 aromatic carbocycles. The van der Waals surface area contributed by atoms with Crippen molar-refractivity contribution >= 4 is 0 Å². The Morgan fingerprint density at radius 2 is 1.88 bits per heavy atom. The van der Waals surface area contributed by atoms with Crippen LogP contribution in [0.2, 0.25) is 0 Å². The molecule has 0 aliphatic rings. The number of pyridine rings is 1. The first-order chi connectivity index (χ1) is 7.72. The van der Waals surface area contributed by atoms with Gasteiger partial charge in [-0.05, 0) is 25.1 Å². The van der Waals surface area contributed by atoms with Crippen molar-refractivity contribution in [3.8, 4) is 17.2 Å². The zero-order valence-corrected chi connectivity index (χ0v) is 8.74. The maximum Gasteiger partial charge on any atom is 0.148 e. The summed E-state index contributed by atoms with van der Waals surface area (Å²) in [4.78, 5) is 4.08. The summed E-state index contributed by atoms with van der Waals surface area (Å²) in [5, 5.41) is 8.96. The molecule has 1 aromatic heterocycles. The summed E-state index contributed by atoms with van der Waals surface area (Å²) in [6.45, 7) is 1.80. The highest BCUT2D eigenvalue weighted by atomic mass is 19.1. The number of aryl methyl sites for hydroxylation is 1. The van der Waals surface area contributed by atoms with E-state index in [1.54, 1.807) is 37.3 Å². The standard InChI is InChI=1S/C13H9FN2/c1-9-6-7-11(13(8-15)16-9)10-4-2-3-5-12(10)14/h2-7H,1H3. The van der Waals surface area contributed by atoms with Crippen molar-refractivity contribution in [1.82, 2.24) is 4.98 Å². The number of rotatable bonds is 1. The number of halogens is 1. The molecule has 2 rings (SSSR count). The van der Waals surface area contributed by atoms with Crippen molar-refractivity contribution in [3.63, 3.8) is 0 Å². The van der Waals surface area contributed by atoms with Gasteiger partial charge in [0, 0.05) is 16.8 Å². The third kappa shape index (κ3) is 1.78. The second-order valence-corrected chi connectivity index (χ2v) is 3.44. The number of nitriles is 1. The molecule has 2 nitrogen and oxygen atoms in total. The van der Waals surface area contributed by atoms with Gasteiger partial charge >= 0.3 is 0 Å². The maximum atomic E-state index is 13.6. The molecule has 0 bridgehead atoms. The van der Waals surface area contributed by atoms with E-state index in [-0.39, 0.29) is 11.5 Å². The van der Waals surface area contributed by atoms with Gasteiger partial charge in [0.25, 0.3) is 0 Å². The minimum atomic E-state index is -0.343. The monoisotopic (exact) mass is 212 g/mol. The Morgan fingerprint density at radius 1 is 1.12 bits per heavy atom. The SMILES string of the molecule is Cc1ccc(-c2ccccc2F)c(C#N)n1. The van der Waals surface area contributed by atoms with Crippen LogP contribution in [0.15, 0.2) is 36.4 Å². The van der Waals surface area contributed by atoms with Crippen LogP contribution in [0, 0.1) is 24.1 Å². The number of benzene rings is 1. The molecule has 2 aromatic rings. The topological polar surface area (TPSA) is 36.7 Å². The molecule has 0 unspecified atom stereocenters. The van der Waals surface area contributed by atoms with Crippen LogP contribution in [0.1, 0.15) is 11.4 Å². The van der Waals surface area contributed by atoms with Gasteiger partial charge in [-0.15, -0.1) is 0 Å². The van der Waals surface area contributed by atoms with Crippen LogP contribution in [-0.4, -0.2) is 4.98 Å². The second-order valence-electron chi connectivity index (χ2n) is 3.44. The molecule has 1 heterocycles. The third-order valence-electron chi connectivity index (χ3n) is 2.30. The van der Waals surface area contributed by atoms with E-state index >= 15 is 0 Å². The van der Waals surface area contributed by atoms with Gasteiger partial charge < -0.3 is 0 Å². The smallest absolute Gasteiger partial charge is 0.148 e. The molecule has 0 saturated carbocycles. The Kier molecular flexibility index (Phi) is 2.65. The zero-order chi connectivity index (χ0) is 11.5. The molecule has 0 aliphatic heterocycles. The molecule has 3 heteroatoms. The van der Waals surface area contributed by atoms with Gasteiger partial charge in [-0.25, -0.2) is 9.37 Å². The van der Waals surface area contributed by atoms with Crippen molar-refractivity contribution in [1.29, 1.82) is 5.26 Å². The Labute approximate surface area is 93.0 Å². The number of aromatic nitrogens is 1. The Hall–Kier alpha value is -2.21. The van der Waals surface area contributed by atoms with Crippen molar-refractivity contribution in [3.05, 3.63) is 53.6 Å². The molecule has 0 aliphatic carbocycles. The van der Waals surface area contributed by atoms with Gasteiger partial charge in [0.2, 0.25) is 0 Å². The quantitative estimate of drug-likeness (QED) is 0.728. The van der Waals surface area contributed by atoms with E-state index in [2.05, 4.69) is 4.98 Å². The number of nitrogens with zero attached hydrogens (tertiary/aromatic N) is 2. The van der Waals surface area contributed by atoms with Crippen molar-refractivity contribution in [2.75, 3.05) is 0 Å². The van der Waals surface area contributed by atoms with Crippen LogP contribution in [0.3, 0.4) is 0 Å². The molecule has 0 spiro atoms. The Bertz CT molecular complexity index is 570. The average Bonchev–Trinajstić information content (AvgIpc) is 2.30. The van der Waals surface area contributed by atoms with E-state index in [4.69, 9.17) is 5.26 Å². The number of hydrogen-bond donors (Lipinski definition) is 0. The zero-order valence-electron chi connectivity index (χ0n) is 8.74. The summed E-state index contributed by atoms with van der Waals surface area (Å²) in [7, 11) is 0. The minimum Gasteiger partial charge on any atom is -0.242 e. The number of hydrogen-bond acceptors (Lipinski definition) is 2. The predicted molar refractivity (Wildman–Crippen MR) is 59.1 cm³/mol. The largest absolute Gasteiger partial charge is 0.242 e. The summed E-state index contributed by atoms with van der Waals surface area (Å²) in [6.07, 6.45) is 0. The second kappa shape index (κ2) is 4.11. The first kappa shape index (κ1) is 10.3. The summed E-state index contributed by atoms with van der Waals surface area (Å²) in [6, 6.07) is 11.8. The minimum absolute atomic E-state index is 0.255. The van der Waals surface area contributed by atoms with Crippen LogP contribution >= 0.6 is 0 Å². The van der Waals surface area contributed by atoms with Gasteiger partial charge in [-0.3, -0.25) is 0 Å². The fourth-order valence-corrected chi connectivity index (χ4v) is 1.54. The van der Waals surface area contributed by atoms with E-state index in [0.717, 1.165) is 5.69 Å². The van der Waals surface area contributed by atoms with Crippen LogP contribution < -0.4 is 0 Å². The lowest BCUT2D eigenvalue weighted by Crippen LogP contribution is -1.93. The van der Waals surface area contributed by atoms with Crippen LogP contribution in [0.5, 0.6) is 0 Å². The van der Waals surface area contributed by atoms with Crippen molar-refractivity contribution < 1.29 is 4.39 Å². The van der Waals surface area contributed by atoms with Crippen LogP contribution in [0.25, 0.3) is 11.1 Å². The molecule has 78 valence electrons. The predicted octanol–water partition coefficient (Wildman–Crippen LogP) is 3.07. The molecule has 0 fully saturated rings. The van der Waals surface area contributed by atoms with Crippen molar-refractivity contribution in [2.45, 2.75) is 6.92 Å². The lowest BCUT2D eigenvalue weighted by Gasteiger charge is -2.05. The molecule has 0 radical (unpaired) electrons. The van der Waals surface area contributed by atoms with Crippen LogP contribution in [0.4, 0.5) is 4.39 Å². The fraction of sp³-hybridized carbons (Fsp3) is 0.0769. The molecule has 0 atom stereocenters. The highest BCUT2D eigenvalue weighted by Crippen LogP contribution is 2.24. The van der Waals surface area contributed by atoms with E-state index in [1.165, 1.54) is 6.07 Å². The molecular formula is C13H9FN2. The van der Waals surface area contributed by atoms with Crippen molar-refractivity contribution in [2.24, 2.45) is 0 Å². The van der Waals surface area contributed by atoms with Gasteiger partial charge in [0.1, 0.15) is 17.6 Å². The van der Waals surface area contributed by atoms with Gasteiger partial charge in [-0.2, -0.15) is 5.26 Å². The molecule has 0 saturated heterocycles. The first-order valence-corrected chi connectivity index (χ1v) is 4.85. The first-order valence-electron chi connectivity index (χ1n) is 4.85. The highest BCUT2D eigenvalue weighted by molar-refractivity contribution is 5.69. The Morgan fingerprint density at radius 3 is 2.56 bits per heavy atom. The van der Waals surface area contributed by atoms with Gasteiger partial charge in [0.05, 0.1) is 0 Å². The molecule has 16 heavy (non-hydrogen) atoms. The maximum absolute atomic E-state index is 13.6. The lowest BCUT2D eigenvalue weighted by molar-refractivity contribution is 0.631. The molecule has 0 amide bonds. The van der Waals surface area contributed by atoms with E-state index in [1.807, 2.05) is 6.07 Å². The summed E-state index contributed by atoms with van der Waals surface area (Å²) < 4.78 is 13.6. The van der Waals surface area contributed by atoms with E-state index in [9.17, 15) is 4.39 Å².